The second-order valence-corrected chi connectivity index (χ2v) is 8.50. The molecule has 156 valence electrons. The number of halogens is 1. The fraction of sp³-hybridized carbons (Fsp3) is 0.217. The Bertz CT molecular complexity index is 1130. The number of hydrogen-bond donors (Lipinski definition) is 3. The minimum absolute atomic E-state index is 0. The fourth-order valence-electron chi connectivity index (χ4n) is 3.15. The number of fused-ring (bicyclic) bond motifs is 1. The van der Waals surface area contributed by atoms with Crippen LogP contribution in [0.3, 0.4) is 0 Å². The van der Waals surface area contributed by atoms with Crippen LogP contribution in [0, 0.1) is 5.92 Å². The number of benzene rings is 2. The van der Waals surface area contributed by atoms with Crippen LogP contribution in [0.25, 0.3) is 20.7 Å². The molecule has 2 heterocycles. The van der Waals surface area contributed by atoms with Gasteiger partial charge >= 0.3 is 0 Å². The van der Waals surface area contributed by atoms with Gasteiger partial charge in [-0.25, -0.2) is 9.97 Å². The van der Waals surface area contributed by atoms with Gasteiger partial charge in [-0.2, -0.15) is 0 Å². The number of aromatic hydroxyl groups is 1. The van der Waals surface area contributed by atoms with Crippen LogP contribution < -0.4 is 10.6 Å². The van der Waals surface area contributed by atoms with E-state index in [1.54, 1.807) is 35.9 Å². The van der Waals surface area contributed by atoms with Crippen molar-refractivity contribution in [3.63, 3.8) is 0 Å². The Morgan fingerprint density at radius 3 is 2.67 bits per heavy atom. The molecule has 0 aliphatic carbocycles. The summed E-state index contributed by atoms with van der Waals surface area (Å²) in [6, 6.07) is 17.7. The Kier molecular flexibility index (Phi) is 7.26. The van der Waals surface area contributed by atoms with E-state index in [-0.39, 0.29) is 18.2 Å². The summed E-state index contributed by atoms with van der Waals surface area (Å²) in [5.41, 5.74) is 4.15. The molecule has 0 aliphatic rings. The Hall–Kier alpha value is -2.67. The van der Waals surface area contributed by atoms with Gasteiger partial charge < -0.3 is 15.7 Å². The molecule has 0 saturated heterocycles. The number of nitrogens with zero attached hydrogens (tertiary/aromatic N) is 2. The molecule has 2 aromatic carbocycles. The Labute approximate surface area is 186 Å². The first-order valence-electron chi connectivity index (χ1n) is 9.69. The van der Waals surface area contributed by atoms with Gasteiger partial charge in [-0.1, -0.05) is 38.1 Å². The normalized spacial score (nSPS) is 10.9. The van der Waals surface area contributed by atoms with Crippen molar-refractivity contribution in [2.75, 3.05) is 11.9 Å². The smallest absolute Gasteiger partial charge is 0.151 e. The predicted octanol–water partition coefficient (Wildman–Crippen LogP) is 5.97. The van der Waals surface area contributed by atoms with Crippen LogP contribution in [0.2, 0.25) is 0 Å². The van der Waals surface area contributed by atoms with Crippen molar-refractivity contribution in [2.45, 2.75) is 20.4 Å². The number of nitrogens with one attached hydrogen (secondary N) is 2. The van der Waals surface area contributed by atoms with E-state index in [2.05, 4.69) is 64.8 Å². The molecule has 30 heavy (non-hydrogen) atoms. The number of thiophene rings is 1. The summed E-state index contributed by atoms with van der Waals surface area (Å²) in [5, 5.41) is 16.5. The van der Waals surface area contributed by atoms with Crippen molar-refractivity contribution in [3.05, 3.63) is 66.5 Å². The number of phenolic OH excluding ortho intramolecular Hbond substituents is 1. The Morgan fingerprint density at radius 1 is 1.03 bits per heavy atom. The number of aromatic nitrogens is 2. The van der Waals surface area contributed by atoms with E-state index in [1.165, 1.54) is 11.1 Å². The zero-order chi connectivity index (χ0) is 20.2. The maximum Gasteiger partial charge on any atom is 0.151 e. The first-order chi connectivity index (χ1) is 14.1. The van der Waals surface area contributed by atoms with Crippen molar-refractivity contribution >= 4 is 45.5 Å². The largest absolute Gasteiger partial charge is 0.508 e. The summed E-state index contributed by atoms with van der Waals surface area (Å²) in [7, 11) is 0. The molecule has 0 atom stereocenters. The van der Waals surface area contributed by atoms with Crippen LogP contribution in [0.4, 0.5) is 11.5 Å². The molecular weight excluding hydrogens is 416 g/mol. The lowest BCUT2D eigenvalue weighted by molar-refractivity contribution is 0.475. The highest BCUT2D eigenvalue weighted by Crippen LogP contribution is 2.37. The Balaban J connectivity index is 0.00000256. The SMILES string of the molecule is CC(C)CNCc1cccc(-c2cc3ncnc(Nc4cccc(O)c4)c3s2)c1.Cl. The molecule has 4 aromatic rings. The van der Waals surface area contributed by atoms with Crippen LogP contribution in [0.5, 0.6) is 5.75 Å². The van der Waals surface area contributed by atoms with E-state index < -0.39 is 0 Å². The quantitative estimate of drug-likeness (QED) is 0.330. The molecule has 0 amide bonds. The predicted molar refractivity (Wildman–Crippen MR) is 128 cm³/mol. The molecule has 2 aromatic heterocycles. The molecule has 3 N–H and O–H groups in total. The maximum absolute atomic E-state index is 9.70. The van der Waals surface area contributed by atoms with Gasteiger partial charge in [0, 0.05) is 23.2 Å². The van der Waals surface area contributed by atoms with Gasteiger partial charge in [-0.05, 0) is 47.9 Å². The molecule has 5 nitrogen and oxygen atoms in total. The summed E-state index contributed by atoms with van der Waals surface area (Å²) >= 11 is 1.67. The van der Waals surface area contributed by atoms with Gasteiger partial charge in [-0.15, -0.1) is 23.7 Å². The highest BCUT2D eigenvalue weighted by Gasteiger charge is 2.11. The number of rotatable bonds is 7. The molecule has 0 aliphatic heterocycles. The van der Waals surface area contributed by atoms with Gasteiger partial charge in [0.25, 0.3) is 0 Å². The molecule has 0 bridgehead atoms. The minimum atomic E-state index is 0. The second-order valence-electron chi connectivity index (χ2n) is 7.45. The van der Waals surface area contributed by atoms with Gasteiger partial charge in [0.1, 0.15) is 12.1 Å². The summed E-state index contributed by atoms with van der Waals surface area (Å²) < 4.78 is 0.995. The third-order valence-electron chi connectivity index (χ3n) is 4.51. The summed E-state index contributed by atoms with van der Waals surface area (Å²) in [6.07, 6.45) is 1.57. The molecule has 4 rings (SSSR count). The zero-order valence-electron chi connectivity index (χ0n) is 16.9. The van der Waals surface area contributed by atoms with Crippen LogP contribution in [0.15, 0.2) is 60.9 Å². The monoisotopic (exact) mass is 440 g/mol. The Morgan fingerprint density at radius 2 is 1.87 bits per heavy atom. The van der Waals surface area contributed by atoms with E-state index in [0.29, 0.717) is 5.92 Å². The van der Waals surface area contributed by atoms with Crippen molar-refractivity contribution in [1.29, 1.82) is 0 Å². The van der Waals surface area contributed by atoms with Gasteiger partial charge in [-0.3, -0.25) is 0 Å². The molecule has 0 unspecified atom stereocenters. The summed E-state index contributed by atoms with van der Waals surface area (Å²) in [5.74, 6) is 1.60. The van der Waals surface area contributed by atoms with Gasteiger partial charge in [0.15, 0.2) is 5.82 Å². The summed E-state index contributed by atoms with van der Waals surface area (Å²) in [4.78, 5) is 10.0. The molecule has 0 saturated carbocycles. The first-order valence-corrected chi connectivity index (χ1v) is 10.5. The van der Waals surface area contributed by atoms with Gasteiger partial charge in [0.2, 0.25) is 0 Å². The third-order valence-corrected chi connectivity index (χ3v) is 5.69. The lowest BCUT2D eigenvalue weighted by Crippen LogP contribution is -2.18. The minimum Gasteiger partial charge on any atom is -0.508 e. The molecule has 7 heteroatoms. The average Bonchev–Trinajstić information content (AvgIpc) is 3.14. The van der Waals surface area contributed by atoms with Crippen molar-refractivity contribution < 1.29 is 5.11 Å². The first kappa shape index (κ1) is 22.0. The number of phenols is 1. The van der Waals surface area contributed by atoms with Crippen LogP contribution in [-0.4, -0.2) is 21.6 Å². The molecule has 0 radical (unpaired) electrons. The maximum atomic E-state index is 9.70. The zero-order valence-corrected chi connectivity index (χ0v) is 18.6. The van der Waals surface area contributed by atoms with E-state index >= 15 is 0 Å². The van der Waals surface area contributed by atoms with E-state index in [0.717, 1.165) is 39.7 Å². The second kappa shape index (κ2) is 9.89. The standard InChI is InChI=1S/C23H24N4OS.ClH/c1-15(2)12-24-13-16-5-3-6-17(9-16)21-11-20-22(29-21)23(26-14-25-20)27-18-7-4-8-19(28)10-18;/h3-11,14-15,24,28H,12-13H2,1-2H3,(H,25,26,27);1H. The van der Waals surface area contributed by atoms with E-state index in [1.807, 2.05) is 6.07 Å². The fourth-order valence-corrected chi connectivity index (χ4v) is 4.20. The lowest BCUT2D eigenvalue weighted by atomic mass is 10.1. The molecular formula is C23H25ClN4OS. The third kappa shape index (κ3) is 5.27. The topological polar surface area (TPSA) is 70.1 Å². The van der Waals surface area contributed by atoms with Crippen LogP contribution >= 0.6 is 23.7 Å². The van der Waals surface area contributed by atoms with Gasteiger partial charge in [0.05, 0.1) is 10.2 Å². The summed E-state index contributed by atoms with van der Waals surface area (Å²) in [6.45, 7) is 6.29. The molecule has 0 spiro atoms. The number of anilines is 2. The average molecular weight is 441 g/mol. The van der Waals surface area contributed by atoms with Crippen molar-refractivity contribution in [2.24, 2.45) is 5.92 Å². The van der Waals surface area contributed by atoms with Crippen LogP contribution in [0.1, 0.15) is 19.4 Å². The lowest BCUT2D eigenvalue weighted by Gasteiger charge is -2.08. The highest BCUT2D eigenvalue weighted by atomic mass is 35.5. The van der Waals surface area contributed by atoms with Crippen LogP contribution in [-0.2, 0) is 6.54 Å². The van der Waals surface area contributed by atoms with E-state index in [4.69, 9.17) is 0 Å². The van der Waals surface area contributed by atoms with Crippen molar-refractivity contribution in [3.8, 4) is 16.2 Å². The molecule has 0 fully saturated rings. The van der Waals surface area contributed by atoms with Crippen molar-refractivity contribution in [1.82, 2.24) is 15.3 Å². The number of hydrogen-bond acceptors (Lipinski definition) is 6. The highest BCUT2D eigenvalue weighted by molar-refractivity contribution is 7.22. The van der Waals surface area contributed by atoms with E-state index in [9.17, 15) is 5.11 Å².